The normalized spacial score (nSPS) is 10.2. The fourth-order valence-electron chi connectivity index (χ4n) is 1.77. The molecule has 2 rings (SSSR count). The Bertz CT molecular complexity index is 754. The van der Waals surface area contributed by atoms with Crippen molar-refractivity contribution in [1.29, 1.82) is 0 Å². The molecule has 22 heavy (non-hydrogen) atoms. The van der Waals surface area contributed by atoms with Crippen molar-refractivity contribution in [3.63, 3.8) is 0 Å². The Morgan fingerprint density at radius 1 is 1.45 bits per heavy atom. The number of carbonyl (C=O) groups excluding carboxylic acids is 2. The minimum absolute atomic E-state index is 0.0110. The van der Waals surface area contributed by atoms with Crippen molar-refractivity contribution in [2.75, 3.05) is 5.32 Å². The lowest BCUT2D eigenvalue weighted by molar-refractivity contribution is -0.384. The lowest BCUT2D eigenvalue weighted by Gasteiger charge is -2.06. The van der Waals surface area contributed by atoms with Crippen LogP contribution in [-0.2, 0) is 11.3 Å². The van der Waals surface area contributed by atoms with Gasteiger partial charge in [-0.15, -0.1) is 5.10 Å². The van der Waals surface area contributed by atoms with Crippen molar-refractivity contribution in [3.05, 3.63) is 45.8 Å². The molecule has 0 aliphatic rings. The van der Waals surface area contributed by atoms with Crippen LogP contribution in [-0.4, -0.2) is 31.7 Å². The molecule has 114 valence electrons. The number of benzene rings is 1. The van der Waals surface area contributed by atoms with Gasteiger partial charge in [-0.1, -0.05) is 11.3 Å². The number of hydrogen-bond donors (Lipinski definition) is 2. The van der Waals surface area contributed by atoms with Crippen LogP contribution < -0.4 is 11.1 Å². The van der Waals surface area contributed by atoms with Crippen LogP contribution in [0.25, 0.3) is 0 Å². The average Bonchev–Trinajstić information content (AvgIpc) is 2.80. The molecule has 0 radical (unpaired) electrons. The number of amides is 2. The summed E-state index contributed by atoms with van der Waals surface area (Å²) in [6, 6.07) is 5.53. The number of anilines is 1. The van der Waals surface area contributed by atoms with Gasteiger partial charge in [-0.25, -0.2) is 4.68 Å². The van der Waals surface area contributed by atoms with E-state index in [9.17, 15) is 19.7 Å². The molecule has 10 nitrogen and oxygen atoms in total. The third kappa shape index (κ3) is 3.23. The van der Waals surface area contributed by atoms with Crippen molar-refractivity contribution in [1.82, 2.24) is 15.0 Å². The molecule has 0 saturated heterocycles. The molecule has 1 aromatic carbocycles. The van der Waals surface area contributed by atoms with Crippen LogP contribution in [0.4, 0.5) is 11.4 Å². The Balaban J connectivity index is 2.09. The van der Waals surface area contributed by atoms with E-state index >= 15 is 0 Å². The number of nitrogens with two attached hydrogens (primary N) is 1. The molecular formula is C12H12N6O4. The molecule has 3 N–H and O–H groups in total. The molecule has 0 atom stereocenters. The van der Waals surface area contributed by atoms with Gasteiger partial charge in [-0.2, -0.15) is 0 Å². The number of nitro groups is 1. The molecule has 0 aliphatic carbocycles. The Hall–Kier alpha value is -3.30. The van der Waals surface area contributed by atoms with Crippen molar-refractivity contribution < 1.29 is 14.5 Å². The summed E-state index contributed by atoms with van der Waals surface area (Å²) >= 11 is 0. The third-order valence-corrected chi connectivity index (χ3v) is 2.85. The van der Waals surface area contributed by atoms with Crippen LogP contribution in [0.5, 0.6) is 0 Å². The van der Waals surface area contributed by atoms with Gasteiger partial charge < -0.3 is 11.1 Å². The number of aromatic nitrogens is 3. The molecular weight excluding hydrogens is 292 g/mol. The SMILES string of the molecule is Cc1c(C(N)=O)nnn1CC(=O)Nc1cccc([N+](=O)[O-])c1. The Labute approximate surface area is 124 Å². The van der Waals surface area contributed by atoms with Crippen molar-refractivity contribution >= 4 is 23.2 Å². The summed E-state index contributed by atoms with van der Waals surface area (Å²) in [5.74, 6) is -1.20. The molecule has 0 saturated carbocycles. The van der Waals surface area contributed by atoms with Crippen LogP contribution >= 0.6 is 0 Å². The van der Waals surface area contributed by atoms with Crippen LogP contribution in [0.3, 0.4) is 0 Å². The first-order valence-corrected chi connectivity index (χ1v) is 6.12. The van der Waals surface area contributed by atoms with Gasteiger partial charge in [0.1, 0.15) is 6.54 Å². The maximum atomic E-state index is 11.9. The second-order valence-corrected chi connectivity index (χ2v) is 4.40. The molecule has 2 amide bonds. The molecule has 0 fully saturated rings. The summed E-state index contributed by atoms with van der Waals surface area (Å²) < 4.78 is 1.22. The van der Waals surface area contributed by atoms with E-state index in [2.05, 4.69) is 15.6 Å². The topological polar surface area (TPSA) is 146 Å². The molecule has 0 aliphatic heterocycles. The Morgan fingerprint density at radius 2 is 2.18 bits per heavy atom. The number of primary amides is 1. The molecule has 0 bridgehead atoms. The van der Waals surface area contributed by atoms with Crippen molar-refractivity contribution in [2.24, 2.45) is 5.73 Å². The zero-order valence-electron chi connectivity index (χ0n) is 11.5. The highest BCUT2D eigenvalue weighted by Gasteiger charge is 2.15. The number of hydrogen-bond acceptors (Lipinski definition) is 6. The number of nitrogens with one attached hydrogen (secondary N) is 1. The van der Waals surface area contributed by atoms with Crippen molar-refractivity contribution in [3.8, 4) is 0 Å². The summed E-state index contributed by atoms with van der Waals surface area (Å²) in [5.41, 5.74) is 5.61. The van der Waals surface area contributed by atoms with E-state index in [1.165, 1.54) is 28.9 Å². The van der Waals surface area contributed by atoms with Crippen LogP contribution in [0.1, 0.15) is 16.2 Å². The lowest BCUT2D eigenvalue weighted by atomic mass is 10.3. The predicted molar refractivity (Wildman–Crippen MR) is 75.0 cm³/mol. The first-order valence-electron chi connectivity index (χ1n) is 6.12. The molecule has 1 heterocycles. The first kappa shape index (κ1) is 15.1. The standard InChI is InChI=1S/C12H12N6O4/c1-7-11(12(13)20)15-16-17(7)6-10(19)14-8-3-2-4-9(5-8)18(21)22/h2-5H,6H2,1H3,(H2,13,20)(H,14,19). The Morgan fingerprint density at radius 3 is 2.77 bits per heavy atom. The van der Waals surface area contributed by atoms with E-state index in [0.717, 1.165) is 0 Å². The van der Waals surface area contributed by atoms with E-state index in [-0.39, 0.29) is 23.6 Å². The number of non-ortho nitro benzene ring substituents is 1. The largest absolute Gasteiger partial charge is 0.364 e. The van der Waals surface area contributed by atoms with Gasteiger partial charge in [0.25, 0.3) is 11.6 Å². The van der Waals surface area contributed by atoms with E-state index < -0.39 is 16.7 Å². The maximum Gasteiger partial charge on any atom is 0.271 e. The minimum Gasteiger partial charge on any atom is -0.364 e. The summed E-state index contributed by atoms with van der Waals surface area (Å²) in [6.07, 6.45) is 0. The number of rotatable bonds is 5. The number of carbonyl (C=O) groups is 2. The second kappa shape index (κ2) is 5.99. The van der Waals surface area contributed by atoms with Gasteiger partial charge in [0, 0.05) is 17.8 Å². The summed E-state index contributed by atoms with van der Waals surface area (Å²) in [5, 5.41) is 20.4. The highest BCUT2D eigenvalue weighted by atomic mass is 16.6. The van der Waals surface area contributed by atoms with Crippen LogP contribution in [0, 0.1) is 17.0 Å². The van der Waals surface area contributed by atoms with Crippen molar-refractivity contribution in [2.45, 2.75) is 13.5 Å². The van der Waals surface area contributed by atoms with Crippen LogP contribution in [0.15, 0.2) is 24.3 Å². The summed E-state index contributed by atoms with van der Waals surface area (Å²) in [6.45, 7) is 1.36. The molecule has 0 spiro atoms. The maximum absolute atomic E-state index is 11.9. The number of nitrogens with zero attached hydrogens (tertiary/aromatic N) is 4. The van der Waals surface area contributed by atoms with E-state index in [1.807, 2.05) is 0 Å². The zero-order chi connectivity index (χ0) is 16.3. The molecule has 10 heteroatoms. The average molecular weight is 304 g/mol. The quantitative estimate of drug-likeness (QED) is 0.597. The van der Waals surface area contributed by atoms with Crippen LogP contribution in [0.2, 0.25) is 0 Å². The van der Waals surface area contributed by atoms with Gasteiger partial charge in [-0.05, 0) is 13.0 Å². The second-order valence-electron chi connectivity index (χ2n) is 4.40. The van der Waals surface area contributed by atoms with Gasteiger partial charge in [0.15, 0.2) is 5.69 Å². The fraction of sp³-hybridized carbons (Fsp3) is 0.167. The summed E-state index contributed by atoms with van der Waals surface area (Å²) in [4.78, 5) is 33.1. The van der Waals surface area contributed by atoms with Gasteiger partial charge >= 0.3 is 0 Å². The lowest BCUT2D eigenvalue weighted by Crippen LogP contribution is -2.21. The highest BCUT2D eigenvalue weighted by Crippen LogP contribution is 2.17. The number of nitro benzene ring substituents is 1. The molecule has 2 aromatic rings. The van der Waals surface area contributed by atoms with Gasteiger partial charge in [0.05, 0.1) is 10.6 Å². The van der Waals surface area contributed by atoms with Gasteiger partial charge in [-0.3, -0.25) is 19.7 Å². The molecule has 0 unspecified atom stereocenters. The first-order chi connectivity index (χ1) is 10.4. The monoisotopic (exact) mass is 304 g/mol. The van der Waals surface area contributed by atoms with Gasteiger partial charge in [0.2, 0.25) is 5.91 Å². The summed E-state index contributed by atoms with van der Waals surface area (Å²) in [7, 11) is 0. The minimum atomic E-state index is -0.733. The van der Waals surface area contributed by atoms with E-state index in [4.69, 9.17) is 5.73 Å². The highest BCUT2D eigenvalue weighted by molar-refractivity contribution is 5.92. The Kier molecular flexibility index (Phi) is 4.11. The molecule has 1 aromatic heterocycles. The zero-order valence-corrected chi connectivity index (χ0v) is 11.5. The smallest absolute Gasteiger partial charge is 0.271 e. The fourth-order valence-corrected chi connectivity index (χ4v) is 1.77. The van der Waals surface area contributed by atoms with E-state index in [1.54, 1.807) is 6.92 Å². The van der Waals surface area contributed by atoms with E-state index in [0.29, 0.717) is 5.69 Å². The predicted octanol–water partition coefficient (Wildman–Crippen LogP) is 0.232. The third-order valence-electron chi connectivity index (χ3n) is 2.85.